The third kappa shape index (κ3) is 8.93. The predicted molar refractivity (Wildman–Crippen MR) is 195 cm³/mol. The number of rotatable bonds is 8. The van der Waals surface area contributed by atoms with E-state index in [9.17, 15) is 0 Å². The van der Waals surface area contributed by atoms with E-state index in [1.807, 2.05) is 6.92 Å². The molecule has 6 aromatic heterocycles. The Kier molecular flexibility index (Phi) is 12.6. The van der Waals surface area contributed by atoms with Gasteiger partial charge in [0, 0.05) is 50.8 Å². The number of halogens is 3. The molecule has 6 aromatic rings. The van der Waals surface area contributed by atoms with Crippen molar-refractivity contribution in [3.8, 4) is 30.2 Å². The highest BCUT2D eigenvalue weighted by molar-refractivity contribution is 9.11. The van der Waals surface area contributed by atoms with Gasteiger partial charge >= 0.3 is 0 Å². The Morgan fingerprint density at radius 1 is 0.646 bits per heavy atom. The smallest absolute Gasteiger partial charge is 0.254 e. The maximum atomic E-state index is 5.78. The molecule has 9 N–H and O–H groups in total. The molecule has 0 bridgehead atoms. The first-order valence-corrected chi connectivity index (χ1v) is 16.1. The summed E-state index contributed by atoms with van der Waals surface area (Å²) in [6.07, 6.45) is 15.4. The molecule has 0 aliphatic heterocycles. The van der Waals surface area contributed by atoms with Gasteiger partial charge in [0.05, 0.1) is 6.54 Å². The molecule has 6 rings (SSSR count). The van der Waals surface area contributed by atoms with E-state index in [1.165, 1.54) is 4.68 Å². The first-order chi connectivity index (χ1) is 23.2. The molecule has 0 aromatic carbocycles. The van der Waals surface area contributed by atoms with Crippen LogP contribution in [0.5, 0.6) is 0 Å². The Morgan fingerprint density at radius 3 is 1.35 bits per heavy atom. The van der Waals surface area contributed by atoms with Crippen LogP contribution in [-0.2, 0) is 0 Å². The van der Waals surface area contributed by atoms with E-state index in [-0.39, 0.29) is 0 Å². The number of hydrogen-bond donors (Lipinski definition) is 6. The van der Waals surface area contributed by atoms with E-state index < -0.39 is 0 Å². The van der Waals surface area contributed by atoms with Gasteiger partial charge in [0.1, 0.15) is 48.3 Å². The Morgan fingerprint density at radius 2 is 1.02 bits per heavy atom. The van der Waals surface area contributed by atoms with Crippen molar-refractivity contribution >= 4 is 82.7 Å². The summed E-state index contributed by atoms with van der Waals surface area (Å²) in [5.41, 5.74) is 17.3. The molecular formula is C27H29Br3N18. The highest BCUT2D eigenvalue weighted by atomic mass is 79.9. The van der Waals surface area contributed by atoms with Crippen LogP contribution in [0.1, 0.15) is 6.92 Å². The van der Waals surface area contributed by atoms with E-state index in [4.69, 9.17) is 23.6 Å². The van der Waals surface area contributed by atoms with Crippen molar-refractivity contribution < 1.29 is 0 Å². The molecule has 0 radical (unpaired) electrons. The molecule has 0 atom stereocenters. The minimum atomic E-state index is 0.324. The quantitative estimate of drug-likeness (QED) is 0.120. The molecule has 248 valence electrons. The summed E-state index contributed by atoms with van der Waals surface area (Å²) >= 11 is 9.93. The second-order valence-corrected chi connectivity index (χ2v) is 11.3. The fourth-order valence-corrected chi connectivity index (χ4v) is 4.54. The van der Waals surface area contributed by atoms with Gasteiger partial charge in [0.25, 0.3) is 17.8 Å². The summed E-state index contributed by atoms with van der Waals surface area (Å²) in [6, 6.07) is 5.37. The lowest BCUT2D eigenvalue weighted by atomic mass is 10.5. The molecule has 0 unspecified atom stereocenters. The van der Waals surface area contributed by atoms with Crippen LogP contribution in [0.2, 0.25) is 0 Å². The fraction of sp³-hybridized carbons (Fsp3) is 0.148. The van der Waals surface area contributed by atoms with Gasteiger partial charge in [-0.15, -0.1) is 6.42 Å². The summed E-state index contributed by atoms with van der Waals surface area (Å²) in [7, 11) is 1.76. The number of nitrogen functional groups attached to an aromatic ring is 3. The second-order valence-electron chi connectivity index (χ2n) is 8.90. The van der Waals surface area contributed by atoms with Gasteiger partial charge in [-0.05, 0) is 72.9 Å². The van der Waals surface area contributed by atoms with Crippen LogP contribution in [0.4, 0.5) is 34.9 Å². The Balaban J connectivity index is 0.000000163. The van der Waals surface area contributed by atoms with E-state index >= 15 is 0 Å². The van der Waals surface area contributed by atoms with Crippen LogP contribution in [-0.4, -0.2) is 79.4 Å². The summed E-state index contributed by atoms with van der Waals surface area (Å²) in [5.74, 6) is 6.65. The third-order valence-corrected chi connectivity index (χ3v) is 8.01. The van der Waals surface area contributed by atoms with Gasteiger partial charge in [0.2, 0.25) is 0 Å². The number of nitrogens with one attached hydrogen (secondary N) is 3. The van der Waals surface area contributed by atoms with Gasteiger partial charge in [-0.1, -0.05) is 5.92 Å². The molecule has 0 fully saturated rings. The molecule has 0 amide bonds. The van der Waals surface area contributed by atoms with Gasteiger partial charge in [0.15, 0.2) is 0 Å². The van der Waals surface area contributed by atoms with E-state index in [2.05, 4.69) is 115 Å². The van der Waals surface area contributed by atoms with Crippen LogP contribution in [0, 0.1) is 12.3 Å². The number of terminal acetylenes is 1. The molecule has 0 aliphatic rings. The van der Waals surface area contributed by atoms with Gasteiger partial charge in [-0.3, -0.25) is 0 Å². The van der Waals surface area contributed by atoms with Crippen molar-refractivity contribution in [3.63, 3.8) is 0 Å². The number of anilines is 6. The lowest BCUT2D eigenvalue weighted by Crippen LogP contribution is -2.10. The van der Waals surface area contributed by atoms with Crippen LogP contribution in [0.3, 0.4) is 0 Å². The molecule has 48 heavy (non-hydrogen) atoms. The molecule has 21 heteroatoms. The first-order valence-electron chi connectivity index (χ1n) is 13.7. The third-order valence-electron chi connectivity index (χ3n) is 5.66. The maximum absolute atomic E-state index is 5.78. The van der Waals surface area contributed by atoms with E-state index in [1.54, 1.807) is 71.8 Å². The molecule has 6 heterocycles. The first kappa shape index (κ1) is 35.5. The molecule has 0 spiro atoms. The average molecular weight is 845 g/mol. The topological polar surface area (TPSA) is 245 Å². The van der Waals surface area contributed by atoms with Gasteiger partial charge in [-0.2, -0.15) is 45.2 Å². The second kappa shape index (κ2) is 17.0. The lowest BCUT2D eigenvalue weighted by molar-refractivity contribution is 0.809. The summed E-state index contributed by atoms with van der Waals surface area (Å²) in [6.45, 7) is 3.10. The van der Waals surface area contributed by atoms with Crippen molar-refractivity contribution in [2.45, 2.75) is 6.92 Å². The molecule has 0 saturated carbocycles. The zero-order chi connectivity index (χ0) is 34.6. The predicted octanol–water partition coefficient (Wildman–Crippen LogP) is 3.54. The molecule has 0 saturated heterocycles. The summed E-state index contributed by atoms with van der Waals surface area (Å²) in [4.78, 5) is 25.2. The number of nitrogens with two attached hydrogens (primary N) is 3. The van der Waals surface area contributed by atoms with Crippen molar-refractivity contribution in [2.24, 2.45) is 0 Å². The highest BCUT2D eigenvalue weighted by Crippen LogP contribution is 2.27. The van der Waals surface area contributed by atoms with Crippen molar-refractivity contribution in [2.75, 3.05) is 53.3 Å². The minimum absolute atomic E-state index is 0.324. The largest absolute Gasteiger partial charge is 0.383 e. The van der Waals surface area contributed by atoms with Crippen LogP contribution >= 0.6 is 47.8 Å². The number of hydrogen-bond acceptors (Lipinski definition) is 15. The van der Waals surface area contributed by atoms with Crippen LogP contribution in [0.25, 0.3) is 17.8 Å². The Bertz CT molecular complexity index is 1960. The SMILES string of the molecule is C#CCNc1nc(-n2cccn2)nc(N)c1Br.CCNc1nc(-n2cccn2)nc(N)c1Br.CNc1nc(-n2cccn2)nc(N)c1Br. The van der Waals surface area contributed by atoms with Crippen LogP contribution in [0.15, 0.2) is 68.8 Å². The monoisotopic (exact) mass is 842 g/mol. The molecular weight excluding hydrogens is 816 g/mol. The molecule has 0 aliphatic carbocycles. The normalized spacial score (nSPS) is 10.2. The van der Waals surface area contributed by atoms with Gasteiger partial charge in [-0.25, -0.2) is 14.0 Å². The van der Waals surface area contributed by atoms with Crippen molar-refractivity contribution in [1.82, 2.24) is 59.2 Å². The lowest BCUT2D eigenvalue weighted by Gasteiger charge is -2.09. The van der Waals surface area contributed by atoms with E-state index in [0.29, 0.717) is 72.7 Å². The average Bonchev–Trinajstić information content (AvgIpc) is 3.90. The molecule has 18 nitrogen and oxygen atoms in total. The highest BCUT2D eigenvalue weighted by Gasteiger charge is 2.12. The standard InChI is InChI=1S/C10H9BrN6.C9H11BrN6.C8H9BrN6/c1-2-4-13-9-7(11)8(12)15-10(16-9)17-6-3-5-14-17;1-2-12-8-6(10)7(11)14-9(15-8)16-5-3-4-13-16;1-11-7-5(9)6(10)13-8(14-7)15-4-2-3-12-15/h1,3,5-6H,4H2,(H3,12,13,15,16);3-5H,2H2,1H3,(H3,11,12,14,15);2-4H,1H3,(H3,10,11,13,14). The zero-order valence-electron chi connectivity index (χ0n) is 25.4. The van der Waals surface area contributed by atoms with Crippen LogP contribution < -0.4 is 33.2 Å². The summed E-state index contributed by atoms with van der Waals surface area (Å²) < 4.78 is 6.53. The van der Waals surface area contributed by atoms with Crippen molar-refractivity contribution in [3.05, 3.63) is 68.8 Å². The van der Waals surface area contributed by atoms with Crippen molar-refractivity contribution in [1.29, 1.82) is 0 Å². The van der Waals surface area contributed by atoms with Gasteiger partial charge < -0.3 is 33.2 Å². The zero-order valence-corrected chi connectivity index (χ0v) is 30.2. The fourth-order valence-electron chi connectivity index (χ4n) is 3.53. The Labute approximate surface area is 299 Å². The Hall–Kier alpha value is -5.33. The minimum Gasteiger partial charge on any atom is -0.383 e. The maximum Gasteiger partial charge on any atom is 0.254 e. The number of nitrogens with zero attached hydrogens (tertiary/aromatic N) is 12. The summed E-state index contributed by atoms with van der Waals surface area (Å²) in [5, 5.41) is 21.1. The number of aromatic nitrogens is 12. The van der Waals surface area contributed by atoms with E-state index in [0.717, 1.165) is 6.54 Å².